The van der Waals surface area contributed by atoms with E-state index in [0.717, 1.165) is 22.0 Å². The van der Waals surface area contributed by atoms with Crippen LogP contribution in [0, 0.1) is 0 Å². The lowest BCUT2D eigenvalue weighted by Crippen LogP contribution is -2.34. The molecule has 8 nitrogen and oxygen atoms in total. The predicted molar refractivity (Wildman–Crippen MR) is 100 cm³/mol. The van der Waals surface area contributed by atoms with Crippen LogP contribution in [-0.2, 0) is 27.1 Å². The summed E-state index contributed by atoms with van der Waals surface area (Å²) < 4.78 is 14.2. The third-order valence-electron chi connectivity index (χ3n) is 3.64. The molecule has 1 unspecified atom stereocenters. The van der Waals surface area contributed by atoms with Crippen molar-refractivity contribution < 1.29 is 28.8 Å². The van der Waals surface area contributed by atoms with Crippen LogP contribution in [0.25, 0.3) is 10.9 Å². The highest BCUT2D eigenvalue weighted by Crippen LogP contribution is 2.25. The molecular weight excluding hydrogens is 371 g/mol. The number of rotatable bonds is 5. The van der Waals surface area contributed by atoms with Gasteiger partial charge in [0, 0.05) is 23.5 Å². The number of para-hydroxylation sites is 1. The number of hydrogen-bond donors (Lipinski definition) is 5. The number of ether oxygens (including phenoxy) is 1. The van der Waals surface area contributed by atoms with Crippen LogP contribution in [0.2, 0.25) is 0 Å². The van der Waals surface area contributed by atoms with E-state index in [-0.39, 0.29) is 12.6 Å². The number of phosphoric acid groups is 1. The summed E-state index contributed by atoms with van der Waals surface area (Å²) in [5, 5.41) is 1.09. The molecule has 1 atom stereocenters. The van der Waals surface area contributed by atoms with Crippen molar-refractivity contribution in [2.45, 2.75) is 19.1 Å². The number of aromatic amines is 1. The van der Waals surface area contributed by atoms with E-state index >= 15 is 0 Å². The molecule has 1 aromatic heterocycles. The second-order valence-electron chi connectivity index (χ2n) is 5.78. The zero-order valence-corrected chi connectivity index (χ0v) is 15.3. The Morgan fingerprint density at radius 1 is 1.07 bits per heavy atom. The number of nitrogens with two attached hydrogens (primary N) is 1. The average Bonchev–Trinajstić information content (AvgIpc) is 3.02. The van der Waals surface area contributed by atoms with Crippen molar-refractivity contribution in [1.82, 2.24) is 4.98 Å². The molecule has 0 amide bonds. The lowest BCUT2D eigenvalue weighted by Gasteiger charge is -2.11. The van der Waals surface area contributed by atoms with Gasteiger partial charge in [0.05, 0.1) is 0 Å². The normalized spacial score (nSPS) is 12.1. The van der Waals surface area contributed by atoms with Crippen LogP contribution < -0.4 is 5.73 Å². The summed E-state index contributed by atoms with van der Waals surface area (Å²) in [4.78, 5) is 36.8. The number of nitrogens with one attached hydrogen (secondary N) is 1. The number of esters is 1. The first-order valence-corrected chi connectivity index (χ1v) is 9.60. The summed E-state index contributed by atoms with van der Waals surface area (Å²) >= 11 is 0. The first-order valence-electron chi connectivity index (χ1n) is 8.03. The standard InChI is InChI=1S/C18H18N2O2.H3O4P/c19-16(18(21)22-12-13-6-2-1-3-7-13)10-14-11-20-17-9-5-4-8-15(14)17;1-5(2,3)4/h1-9,11,16,20H,10,12,19H2;(H3,1,2,3,4). The van der Waals surface area contributed by atoms with Crippen LogP contribution in [-0.4, -0.2) is 31.7 Å². The average molecular weight is 392 g/mol. The Hall–Kier alpha value is -2.48. The maximum Gasteiger partial charge on any atom is 0.466 e. The van der Waals surface area contributed by atoms with E-state index in [4.69, 9.17) is 29.7 Å². The molecular formula is C18H21N2O6P. The van der Waals surface area contributed by atoms with Crippen LogP contribution in [0.15, 0.2) is 60.8 Å². The molecule has 27 heavy (non-hydrogen) atoms. The van der Waals surface area contributed by atoms with Gasteiger partial charge >= 0.3 is 13.8 Å². The Balaban J connectivity index is 0.000000465. The van der Waals surface area contributed by atoms with E-state index in [1.54, 1.807) is 0 Å². The van der Waals surface area contributed by atoms with E-state index in [2.05, 4.69) is 4.98 Å². The molecule has 2 aromatic carbocycles. The number of fused-ring (bicyclic) bond motifs is 1. The lowest BCUT2D eigenvalue weighted by molar-refractivity contribution is -0.146. The third-order valence-corrected chi connectivity index (χ3v) is 3.64. The highest BCUT2D eigenvalue weighted by atomic mass is 31.2. The molecule has 0 aliphatic heterocycles. The summed E-state index contributed by atoms with van der Waals surface area (Å²) in [6, 6.07) is 16.9. The maximum atomic E-state index is 12.0. The van der Waals surface area contributed by atoms with Crippen molar-refractivity contribution in [3.8, 4) is 0 Å². The van der Waals surface area contributed by atoms with Crippen molar-refractivity contribution in [3.63, 3.8) is 0 Å². The van der Waals surface area contributed by atoms with Gasteiger partial charge in [-0.25, -0.2) is 4.57 Å². The minimum absolute atomic E-state index is 0.251. The minimum Gasteiger partial charge on any atom is -0.460 e. The number of benzene rings is 2. The molecule has 1 heterocycles. The largest absolute Gasteiger partial charge is 0.466 e. The van der Waals surface area contributed by atoms with E-state index < -0.39 is 13.9 Å². The van der Waals surface area contributed by atoms with Crippen LogP contribution in [0.5, 0.6) is 0 Å². The summed E-state index contributed by atoms with van der Waals surface area (Å²) in [6.45, 7) is 0.251. The van der Waals surface area contributed by atoms with Gasteiger partial charge in [-0.3, -0.25) is 4.79 Å². The SMILES string of the molecule is NC(Cc1c[nH]c2ccccc12)C(=O)OCc1ccccc1.O=P(O)(O)O. The van der Waals surface area contributed by atoms with Gasteiger partial charge in [-0.05, 0) is 17.2 Å². The van der Waals surface area contributed by atoms with Crippen molar-refractivity contribution in [1.29, 1.82) is 0 Å². The molecule has 0 aliphatic carbocycles. The second-order valence-corrected chi connectivity index (χ2v) is 6.80. The number of carbonyl (C=O) groups is 1. The summed E-state index contributed by atoms with van der Waals surface area (Å²) in [5.74, 6) is -0.380. The predicted octanol–water partition coefficient (Wildman–Crippen LogP) is 1.85. The van der Waals surface area contributed by atoms with Crippen LogP contribution >= 0.6 is 7.82 Å². The van der Waals surface area contributed by atoms with E-state index in [1.807, 2.05) is 60.8 Å². The fourth-order valence-electron chi connectivity index (χ4n) is 2.46. The molecule has 3 aromatic rings. The van der Waals surface area contributed by atoms with Gasteiger partial charge in [-0.2, -0.15) is 0 Å². The van der Waals surface area contributed by atoms with Gasteiger partial charge in [0.2, 0.25) is 0 Å². The zero-order chi connectivity index (χ0) is 19.9. The van der Waals surface area contributed by atoms with Crippen molar-refractivity contribution in [2.75, 3.05) is 0 Å². The molecule has 6 N–H and O–H groups in total. The molecule has 0 saturated carbocycles. The number of H-pyrrole nitrogens is 1. The Morgan fingerprint density at radius 2 is 1.67 bits per heavy atom. The zero-order valence-electron chi connectivity index (χ0n) is 14.4. The fraction of sp³-hybridized carbons (Fsp3) is 0.167. The maximum absolute atomic E-state index is 12.0. The monoisotopic (exact) mass is 392 g/mol. The Kier molecular flexibility index (Phi) is 7.29. The Bertz CT molecular complexity index is 913. The van der Waals surface area contributed by atoms with Crippen molar-refractivity contribution in [2.24, 2.45) is 5.73 Å². The molecule has 0 saturated heterocycles. The number of hydrogen-bond acceptors (Lipinski definition) is 4. The third kappa shape index (κ3) is 7.34. The highest BCUT2D eigenvalue weighted by molar-refractivity contribution is 7.45. The Labute approximate surface area is 155 Å². The van der Waals surface area contributed by atoms with Crippen LogP contribution in [0.4, 0.5) is 0 Å². The summed E-state index contributed by atoms with van der Waals surface area (Å²) in [6.07, 6.45) is 2.35. The van der Waals surface area contributed by atoms with E-state index in [0.29, 0.717) is 6.42 Å². The van der Waals surface area contributed by atoms with Crippen molar-refractivity contribution >= 4 is 24.7 Å². The molecule has 3 rings (SSSR count). The second kappa shape index (κ2) is 9.45. The van der Waals surface area contributed by atoms with Gasteiger partial charge in [0.15, 0.2) is 0 Å². The van der Waals surface area contributed by atoms with Gasteiger partial charge in [0.25, 0.3) is 0 Å². The molecule has 144 valence electrons. The molecule has 0 aliphatic rings. The van der Waals surface area contributed by atoms with Gasteiger partial charge < -0.3 is 30.1 Å². The molecule has 0 bridgehead atoms. The lowest BCUT2D eigenvalue weighted by atomic mass is 10.1. The molecule has 9 heteroatoms. The summed E-state index contributed by atoms with van der Waals surface area (Å²) in [5.41, 5.74) is 9.00. The van der Waals surface area contributed by atoms with E-state index in [9.17, 15) is 4.79 Å². The number of carbonyl (C=O) groups excluding carboxylic acids is 1. The Morgan fingerprint density at radius 3 is 2.33 bits per heavy atom. The van der Waals surface area contributed by atoms with Gasteiger partial charge in [-0.15, -0.1) is 0 Å². The van der Waals surface area contributed by atoms with E-state index in [1.165, 1.54) is 0 Å². The summed E-state index contributed by atoms with van der Waals surface area (Å²) in [7, 11) is -4.64. The minimum atomic E-state index is -4.64. The molecule has 0 spiro atoms. The van der Waals surface area contributed by atoms with Gasteiger partial charge in [-0.1, -0.05) is 48.5 Å². The topological polar surface area (TPSA) is 146 Å². The molecule has 0 fully saturated rings. The highest BCUT2D eigenvalue weighted by Gasteiger charge is 2.17. The smallest absolute Gasteiger partial charge is 0.460 e. The fourth-order valence-corrected chi connectivity index (χ4v) is 2.46. The quantitative estimate of drug-likeness (QED) is 0.329. The molecule has 0 radical (unpaired) electrons. The van der Waals surface area contributed by atoms with Gasteiger partial charge in [0.1, 0.15) is 12.6 Å². The first kappa shape index (κ1) is 20.8. The van der Waals surface area contributed by atoms with Crippen LogP contribution in [0.3, 0.4) is 0 Å². The number of aromatic nitrogens is 1. The van der Waals surface area contributed by atoms with Crippen LogP contribution in [0.1, 0.15) is 11.1 Å². The van der Waals surface area contributed by atoms with Crippen molar-refractivity contribution in [3.05, 3.63) is 71.9 Å². The first-order chi connectivity index (χ1) is 12.7.